The van der Waals surface area contributed by atoms with Gasteiger partial charge in [-0.05, 0) is 40.5 Å². The van der Waals surface area contributed by atoms with Crippen molar-refractivity contribution in [1.29, 1.82) is 0 Å². The Kier molecular flexibility index (Phi) is 8.66. The Morgan fingerprint density at radius 1 is 0.833 bits per heavy atom. The van der Waals surface area contributed by atoms with Gasteiger partial charge in [0.2, 0.25) is 5.75 Å². The zero-order chi connectivity index (χ0) is 26.1. The van der Waals surface area contributed by atoms with Crippen molar-refractivity contribution in [2.45, 2.75) is 0 Å². The molecule has 9 heteroatoms. The number of hydrogen-bond acceptors (Lipinski definition) is 7. The van der Waals surface area contributed by atoms with E-state index >= 15 is 0 Å². The van der Waals surface area contributed by atoms with Gasteiger partial charge >= 0.3 is 12.0 Å². The zero-order valence-electron chi connectivity index (χ0n) is 20.1. The number of primary amides is 1. The summed E-state index contributed by atoms with van der Waals surface area (Å²) in [5.41, 5.74) is 8.18. The minimum Gasteiger partial charge on any atom is -0.493 e. The van der Waals surface area contributed by atoms with Gasteiger partial charge in [0.15, 0.2) is 18.1 Å². The van der Waals surface area contributed by atoms with Crippen LogP contribution in [0.2, 0.25) is 0 Å². The van der Waals surface area contributed by atoms with Crippen LogP contribution in [0.4, 0.5) is 4.79 Å². The lowest BCUT2D eigenvalue weighted by Gasteiger charge is -2.14. The number of nitrogens with two attached hydrogens (primary N) is 1. The summed E-state index contributed by atoms with van der Waals surface area (Å²) in [6.07, 6.45) is 1.58. The number of urea groups is 1. The topological polar surface area (TPSA) is 126 Å². The molecule has 0 spiro atoms. The molecule has 3 aromatic rings. The Bertz CT molecular complexity index is 1240. The first-order valence-corrected chi connectivity index (χ1v) is 10.8. The van der Waals surface area contributed by atoms with E-state index in [9.17, 15) is 14.4 Å². The average Bonchev–Trinajstić information content (AvgIpc) is 2.90. The van der Waals surface area contributed by atoms with Gasteiger partial charge in [-0.25, -0.2) is 9.59 Å². The average molecular weight is 491 g/mol. The molecule has 0 atom stereocenters. The summed E-state index contributed by atoms with van der Waals surface area (Å²) >= 11 is 0. The van der Waals surface area contributed by atoms with Crippen LogP contribution in [0.25, 0.3) is 22.8 Å². The molecule has 0 aliphatic heterocycles. The van der Waals surface area contributed by atoms with Crippen LogP contribution < -0.4 is 25.3 Å². The number of esters is 1. The lowest BCUT2D eigenvalue weighted by atomic mass is 9.98. The van der Waals surface area contributed by atoms with Crippen LogP contribution in [-0.2, 0) is 14.3 Å². The fourth-order valence-electron chi connectivity index (χ4n) is 3.47. The summed E-state index contributed by atoms with van der Waals surface area (Å²) in [5, 5.41) is 1.85. The number of rotatable bonds is 9. The number of ether oxygens (including phenoxy) is 4. The zero-order valence-corrected chi connectivity index (χ0v) is 20.1. The van der Waals surface area contributed by atoms with Crippen LogP contribution in [0.1, 0.15) is 11.1 Å². The number of carbonyl (C=O) groups is 3. The fourth-order valence-corrected chi connectivity index (χ4v) is 3.47. The fraction of sp³-hybridized carbons (Fsp3) is 0.148. The molecule has 0 saturated carbocycles. The van der Waals surface area contributed by atoms with Crippen molar-refractivity contribution >= 4 is 29.6 Å². The van der Waals surface area contributed by atoms with E-state index in [-0.39, 0.29) is 5.57 Å². The highest BCUT2D eigenvalue weighted by Crippen LogP contribution is 2.39. The quantitative estimate of drug-likeness (QED) is 0.266. The van der Waals surface area contributed by atoms with Gasteiger partial charge in [0, 0.05) is 0 Å². The predicted molar refractivity (Wildman–Crippen MR) is 135 cm³/mol. The number of imide groups is 1. The van der Waals surface area contributed by atoms with Gasteiger partial charge in [-0.3, -0.25) is 10.1 Å². The third-order valence-electron chi connectivity index (χ3n) is 5.12. The van der Waals surface area contributed by atoms with E-state index in [0.717, 1.165) is 11.1 Å². The van der Waals surface area contributed by atoms with Gasteiger partial charge in [-0.15, -0.1) is 0 Å². The summed E-state index contributed by atoms with van der Waals surface area (Å²) in [6, 6.07) is 19.4. The smallest absolute Gasteiger partial charge is 0.339 e. The number of carbonyl (C=O) groups excluding carboxylic acids is 3. The maximum atomic E-state index is 13.1. The molecule has 3 aromatic carbocycles. The van der Waals surface area contributed by atoms with Crippen molar-refractivity contribution in [1.82, 2.24) is 5.32 Å². The van der Waals surface area contributed by atoms with Crippen LogP contribution >= 0.6 is 0 Å². The molecule has 186 valence electrons. The van der Waals surface area contributed by atoms with Crippen molar-refractivity contribution in [3.63, 3.8) is 0 Å². The molecule has 3 rings (SSSR count). The normalized spacial score (nSPS) is 10.8. The highest BCUT2D eigenvalue weighted by molar-refractivity contribution is 6.22. The van der Waals surface area contributed by atoms with Gasteiger partial charge in [0.25, 0.3) is 5.91 Å². The Morgan fingerprint density at radius 2 is 1.42 bits per heavy atom. The highest BCUT2D eigenvalue weighted by atomic mass is 16.5. The molecule has 0 radical (unpaired) electrons. The Labute approximate surface area is 208 Å². The number of benzene rings is 3. The number of nitrogens with one attached hydrogen (secondary N) is 1. The summed E-state index contributed by atoms with van der Waals surface area (Å²) in [7, 11) is 4.46. The Morgan fingerprint density at radius 3 is 1.94 bits per heavy atom. The van der Waals surface area contributed by atoms with Crippen molar-refractivity contribution in [2.75, 3.05) is 27.9 Å². The monoisotopic (exact) mass is 490 g/mol. The van der Waals surface area contributed by atoms with Gasteiger partial charge < -0.3 is 24.7 Å². The molecule has 36 heavy (non-hydrogen) atoms. The molecule has 0 saturated heterocycles. The molecule has 3 amide bonds. The third kappa shape index (κ3) is 6.41. The molecule has 0 heterocycles. The van der Waals surface area contributed by atoms with E-state index in [0.29, 0.717) is 28.4 Å². The van der Waals surface area contributed by atoms with E-state index in [1.807, 2.05) is 47.8 Å². The minimum absolute atomic E-state index is 0.163. The summed E-state index contributed by atoms with van der Waals surface area (Å²) in [6.45, 7) is -0.684. The van der Waals surface area contributed by atoms with E-state index in [1.54, 1.807) is 30.3 Å². The molecule has 9 nitrogen and oxygen atoms in total. The molecule has 0 aliphatic rings. The van der Waals surface area contributed by atoms with Crippen molar-refractivity contribution in [2.24, 2.45) is 5.73 Å². The summed E-state index contributed by atoms with van der Waals surface area (Å²) in [5.74, 6) is -0.429. The molecular formula is C27H26N2O7. The number of amides is 3. The first-order chi connectivity index (χ1) is 17.4. The first-order valence-electron chi connectivity index (χ1n) is 10.8. The molecule has 0 unspecified atom stereocenters. The lowest BCUT2D eigenvalue weighted by molar-refractivity contribution is -0.142. The Balaban J connectivity index is 2.01. The second-order valence-corrected chi connectivity index (χ2v) is 7.45. The molecule has 0 aliphatic carbocycles. The lowest BCUT2D eigenvalue weighted by Crippen LogP contribution is -2.37. The van der Waals surface area contributed by atoms with E-state index in [4.69, 9.17) is 24.7 Å². The molecule has 3 N–H and O–H groups in total. The van der Waals surface area contributed by atoms with E-state index in [1.165, 1.54) is 21.3 Å². The van der Waals surface area contributed by atoms with Crippen molar-refractivity contribution < 1.29 is 33.3 Å². The second kappa shape index (κ2) is 12.1. The van der Waals surface area contributed by atoms with E-state index in [2.05, 4.69) is 0 Å². The Hall–Kier alpha value is -4.79. The predicted octanol–water partition coefficient (Wildman–Crippen LogP) is 3.66. The molecular weight excluding hydrogens is 464 g/mol. The van der Waals surface area contributed by atoms with Crippen LogP contribution in [0.5, 0.6) is 17.2 Å². The molecule has 0 aromatic heterocycles. The maximum absolute atomic E-state index is 13.1. The molecule has 0 fully saturated rings. The van der Waals surface area contributed by atoms with Gasteiger partial charge in [-0.1, -0.05) is 54.6 Å². The van der Waals surface area contributed by atoms with Gasteiger partial charge in [-0.2, -0.15) is 0 Å². The van der Waals surface area contributed by atoms with Crippen LogP contribution in [0, 0.1) is 0 Å². The molecule has 0 bridgehead atoms. The first kappa shape index (κ1) is 25.8. The van der Waals surface area contributed by atoms with Crippen LogP contribution in [0.3, 0.4) is 0 Å². The van der Waals surface area contributed by atoms with Crippen LogP contribution in [0.15, 0.2) is 66.7 Å². The van der Waals surface area contributed by atoms with Crippen LogP contribution in [-0.4, -0.2) is 45.8 Å². The third-order valence-corrected chi connectivity index (χ3v) is 5.12. The number of methoxy groups -OCH3 is 3. The minimum atomic E-state index is -1.04. The van der Waals surface area contributed by atoms with E-state index < -0.39 is 24.5 Å². The van der Waals surface area contributed by atoms with Gasteiger partial charge in [0.05, 0.1) is 26.9 Å². The van der Waals surface area contributed by atoms with Crippen molar-refractivity contribution in [3.05, 3.63) is 77.9 Å². The summed E-state index contributed by atoms with van der Waals surface area (Å²) in [4.78, 5) is 35.7. The summed E-state index contributed by atoms with van der Waals surface area (Å²) < 4.78 is 21.3. The SMILES string of the molecule is COc1cc(/C=C(/C(=O)OCC(=O)NC(N)=O)c2ccc(-c3ccccc3)cc2)cc(OC)c1OC. The van der Waals surface area contributed by atoms with Crippen molar-refractivity contribution in [3.8, 4) is 28.4 Å². The van der Waals surface area contributed by atoms with Gasteiger partial charge in [0.1, 0.15) is 0 Å². The second-order valence-electron chi connectivity index (χ2n) is 7.45. The maximum Gasteiger partial charge on any atom is 0.339 e. The largest absolute Gasteiger partial charge is 0.493 e. The number of hydrogen-bond donors (Lipinski definition) is 2. The highest BCUT2D eigenvalue weighted by Gasteiger charge is 2.19. The standard InChI is InChI=1S/C27H26N2O7/c1-33-22-14-17(15-23(34-2)25(22)35-3)13-21(26(31)36-16-24(30)29-27(28)32)20-11-9-19(10-12-20)18-7-5-4-6-8-18/h4-15H,16H2,1-3H3,(H3,28,29,30,32)/b21-13+.